The van der Waals surface area contributed by atoms with E-state index in [4.69, 9.17) is 4.52 Å². The van der Waals surface area contributed by atoms with E-state index in [1.165, 1.54) is 0 Å². The zero-order chi connectivity index (χ0) is 19.8. The fourth-order valence-corrected chi connectivity index (χ4v) is 3.99. The molecule has 3 aromatic heterocycles. The molecule has 1 aliphatic heterocycles. The molecule has 9 nitrogen and oxygen atoms in total. The summed E-state index contributed by atoms with van der Waals surface area (Å²) in [4.78, 5) is 16.9. The van der Waals surface area contributed by atoms with Crippen LogP contribution in [0, 0.1) is 6.92 Å². The van der Waals surface area contributed by atoms with Crippen LogP contribution in [0.4, 0.5) is 5.82 Å². The monoisotopic (exact) mass is 393 g/mol. The Labute approximate surface area is 168 Å². The predicted octanol–water partition coefficient (Wildman–Crippen LogP) is 1.80. The van der Waals surface area contributed by atoms with E-state index in [2.05, 4.69) is 25.4 Å². The molecule has 1 saturated heterocycles. The maximum atomic E-state index is 12.9. The topological polar surface area (TPSA) is 93.2 Å². The van der Waals surface area contributed by atoms with Gasteiger partial charge < -0.3 is 14.3 Å². The minimum atomic E-state index is -0.0213. The summed E-state index contributed by atoms with van der Waals surface area (Å²) < 4.78 is 7.12. The normalized spacial score (nSPS) is 16.7. The highest BCUT2D eigenvalue weighted by Gasteiger charge is 2.29. The smallest absolute Gasteiger partial charge is 0.276 e. The molecule has 5 rings (SSSR count). The van der Waals surface area contributed by atoms with E-state index < -0.39 is 0 Å². The minimum absolute atomic E-state index is 0.0213. The number of carbonyl (C=O) groups excluding carboxylic acids is 1. The van der Waals surface area contributed by atoms with Gasteiger partial charge in [-0.2, -0.15) is 5.10 Å². The second-order valence-corrected chi connectivity index (χ2v) is 7.57. The molecule has 0 N–H and O–H groups in total. The third-order valence-corrected chi connectivity index (χ3v) is 5.64. The first-order valence-corrected chi connectivity index (χ1v) is 10.1. The van der Waals surface area contributed by atoms with Gasteiger partial charge in [-0.15, -0.1) is 10.2 Å². The summed E-state index contributed by atoms with van der Waals surface area (Å²) in [6.45, 7) is 4.61. The van der Waals surface area contributed by atoms with Crippen molar-refractivity contribution in [2.24, 2.45) is 0 Å². The van der Waals surface area contributed by atoms with E-state index in [1.54, 1.807) is 4.68 Å². The van der Waals surface area contributed by atoms with Gasteiger partial charge in [-0.3, -0.25) is 4.79 Å². The van der Waals surface area contributed by atoms with E-state index in [0.717, 1.165) is 48.5 Å². The Morgan fingerprint density at radius 2 is 1.76 bits per heavy atom. The van der Waals surface area contributed by atoms with Crippen molar-refractivity contribution in [2.45, 2.75) is 32.6 Å². The van der Waals surface area contributed by atoms with Crippen LogP contribution in [-0.2, 0) is 12.8 Å². The van der Waals surface area contributed by atoms with Crippen molar-refractivity contribution in [3.05, 3.63) is 47.1 Å². The zero-order valence-corrected chi connectivity index (χ0v) is 16.4. The Kier molecular flexibility index (Phi) is 4.49. The van der Waals surface area contributed by atoms with Crippen LogP contribution >= 0.6 is 0 Å². The molecule has 1 fully saturated rings. The summed E-state index contributed by atoms with van der Waals surface area (Å²) in [5.41, 5.74) is 2.45. The third kappa shape index (κ3) is 3.37. The molecule has 0 bridgehead atoms. The molecule has 0 unspecified atom stereocenters. The second-order valence-electron chi connectivity index (χ2n) is 7.57. The number of hydrogen-bond acceptors (Lipinski definition) is 7. The summed E-state index contributed by atoms with van der Waals surface area (Å²) in [6, 6.07) is 5.79. The molecule has 4 heterocycles. The van der Waals surface area contributed by atoms with Gasteiger partial charge in [0.15, 0.2) is 17.3 Å². The lowest BCUT2D eigenvalue weighted by atomic mass is 9.96. The molecule has 150 valence electrons. The van der Waals surface area contributed by atoms with E-state index in [1.807, 2.05) is 36.2 Å². The van der Waals surface area contributed by atoms with Crippen molar-refractivity contribution >= 4 is 11.7 Å². The van der Waals surface area contributed by atoms with Gasteiger partial charge >= 0.3 is 0 Å². The second kappa shape index (κ2) is 7.31. The van der Waals surface area contributed by atoms with E-state index in [0.29, 0.717) is 37.7 Å². The van der Waals surface area contributed by atoms with Gasteiger partial charge in [0.05, 0.1) is 5.69 Å². The number of rotatable bonds is 3. The van der Waals surface area contributed by atoms with Crippen LogP contribution in [0.5, 0.6) is 0 Å². The molecule has 29 heavy (non-hydrogen) atoms. The quantitative estimate of drug-likeness (QED) is 0.670. The van der Waals surface area contributed by atoms with Crippen LogP contribution in [0.3, 0.4) is 0 Å². The van der Waals surface area contributed by atoms with Gasteiger partial charge in [0.2, 0.25) is 0 Å². The molecule has 1 aliphatic carbocycles. The molecule has 0 aromatic carbocycles. The van der Waals surface area contributed by atoms with Crippen molar-refractivity contribution in [2.75, 3.05) is 31.1 Å². The Morgan fingerprint density at radius 1 is 1.00 bits per heavy atom. The van der Waals surface area contributed by atoms with E-state index in [9.17, 15) is 4.79 Å². The number of nitrogens with zero attached hydrogens (tertiary/aromatic N) is 7. The van der Waals surface area contributed by atoms with Crippen LogP contribution in [0.15, 0.2) is 28.9 Å². The average Bonchev–Trinajstić information content (AvgIpc) is 3.40. The van der Waals surface area contributed by atoms with E-state index in [-0.39, 0.29) is 5.91 Å². The Morgan fingerprint density at radius 3 is 2.48 bits per heavy atom. The average molecular weight is 393 g/mol. The van der Waals surface area contributed by atoms with Crippen molar-refractivity contribution in [1.29, 1.82) is 0 Å². The first kappa shape index (κ1) is 17.8. The lowest BCUT2D eigenvalue weighted by Crippen LogP contribution is -2.49. The summed E-state index contributed by atoms with van der Waals surface area (Å²) >= 11 is 0. The maximum absolute atomic E-state index is 12.9. The highest BCUT2D eigenvalue weighted by atomic mass is 16.5. The first-order chi connectivity index (χ1) is 14.2. The summed E-state index contributed by atoms with van der Waals surface area (Å²) in [5, 5.41) is 17.1. The van der Waals surface area contributed by atoms with Crippen molar-refractivity contribution < 1.29 is 9.32 Å². The minimum Gasteiger partial charge on any atom is -0.360 e. The first-order valence-electron chi connectivity index (χ1n) is 10.1. The summed E-state index contributed by atoms with van der Waals surface area (Å²) in [7, 11) is 0. The van der Waals surface area contributed by atoms with Crippen molar-refractivity contribution in [1.82, 2.24) is 30.0 Å². The lowest BCUT2D eigenvalue weighted by molar-refractivity contribution is 0.0735. The zero-order valence-electron chi connectivity index (χ0n) is 16.4. The Hall–Kier alpha value is -3.23. The lowest BCUT2D eigenvalue weighted by Gasteiger charge is -2.34. The number of hydrogen-bond donors (Lipinski definition) is 0. The largest absolute Gasteiger partial charge is 0.360 e. The molecule has 1 amide bonds. The van der Waals surface area contributed by atoms with Gasteiger partial charge in [-0.1, -0.05) is 5.16 Å². The molecule has 9 heteroatoms. The number of aromatic nitrogens is 5. The molecule has 0 atom stereocenters. The Balaban J connectivity index is 1.23. The maximum Gasteiger partial charge on any atom is 0.276 e. The SMILES string of the molecule is Cc1ccn(-c2ccc(N3CCN(C(=O)c4noc5c4CCCC5)CC3)nn2)n1. The highest BCUT2D eigenvalue weighted by molar-refractivity contribution is 5.94. The molecular formula is C20H23N7O2. The number of piperazine rings is 1. The predicted molar refractivity (Wildman–Crippen MR) is 105 cm³/mol. The molecular weight excluding hydrogens is 370 g/mol. The van der Waals surface area contributed by atoms with Crippen molar-refractivity contribution in [3.8, 4) is 5.82 Å². The molecule has 0 radical (unpaired) electrons. The van der Waals surface area contributed by atoms with Gasteiger partial charge in [-0.25, -0.2) is 4.68 Å². The number of fused-ring (bicyclic) bond motifs is 1. The van der Waals surface area contributed by atoms with Crippen LogP contribution in [0.25, 0.3) is 5.82 Å². The number of anilines is 1. The Bertz CT molecular complexity index is 1020. The molecule has 3 aromatic rings. The fourth-order valence-electron chi connectivity index (χ4n) is 3.99. The van der Waals surface area contributed by atoms with Crippen molar-refractivity contribution in [3.63, 3.8) is 0 Å². The molecule has 2 aliphatic rings. The number of aryl methyl sites for hydroxylation is 2. The highest BCUT2D eigenvalue weighted by Crippen LogP contribution is 2.25. The van der Waals surface area contributed by atoms with E-state index >= 15 is 0 Å². The number of amides is 1. The van der Waals surface area contributed by atoms with Gasteiger partial charge in [0.25, 0.3) is 5.91 Å². The van der Waals surface area contributed by atoms with Gasteiger partial charge in [0.1, 0.15) is 5.76 Å². The summed E-state index contributed by atoms with van der Waals surface area (Å²) in [5.74, 6) is 2.36. The van der Waals surface area contributed by atoms with Gasteiger partial charge in [0, 0.05) is 44.4 Å². The van der Waals surface area contributed by atoms with Crippen LogP contribution in [0.1, 0.15) is 40.3 Å². The van der Waals surface area contributed by atoms with Crippen LogP contribution in [0.2, 0.25) is 0 Å². The molecule has 0 saturated carbocycles. The van der Waals surface area contributed by atoms with Crippen LogP contribution < -0.4 is 4.90 Å². The third-order valence-electron chi connectivity index (χ3n) is 5.64. The van der Waals surface area contributed by atoms with Crippen LogP contribution in [-0.4, -0.2) is 62.1 Å². The standard InChI is InChI=1S/C20H23N7O2/c1-14-8-9-27(23-14)18-7-6-17(21-22-18)25-10-12-26(13-11-25)20(28)19-15-4-2-3-5-16(15)29-24-19/h6-9H,2-5,10-13H2,1H3. The number of carbonyl (C=O) groups is 1. The fraction of sp³-hybridized carbons (Fsp3) is 0.450. The van der Waals surface area contributed by atoms with Gasteiger partial charge in [-0.05, 0) is 44.4 Å². The molecule has 0 spiro atoms. The summed E-state index contributed by atoms with van der Waals surface area (Å²) in [6.07, 6.45) is 5.84.